The first-order valence-corrected chi connectivity index (χ1v) is 10.8. The fourth-order valence-electron chi connectivity index (χ4n) is 2.47. The summed E-state index contributed by atoms with van der Waals surface area (Å²) in [7, 11) is -3.66. The van der Waals surface area contributed by atoms with E-state index in [0.717, 1.165) is 18.2 Å². The van der Waals surface area contributed by atoms with Gasteiger partial charge in [0.1, 0.15) is 11.4 Å². The number of halogens is 1. The van der Waals surface area contributed by atoms with Gasteiger partial charge in [-0.2, -0.15) is 0 Å². The summed E-state index contributed by atoms with van der Waals surface area (Å²) in [6.07, 6.45) is 1.02. The Kier molecular flexibility index (Phi) is 4.98. The van der Waals surface area contributed by atoms with Crippen LogP contribution in [0.4, 0.5) is 10.6 Å². The standard InChI is InChI=1S/C18H22BrN3O4S/c1-17(2,3)26-16(23)21-15-6-5-12-13(19)9-11(10-14(12)20-15)27(24,25)22-18(4)7-8-18/h5-6,9-10,22H,7-8H2,1-4H3,(H,20,21,23). The number of benzene rings is 1. The van der Waals surface area contributed by atoms with Crippen LogP contribution in [0, 0.1) is 0 Å². The molecule has 0 aliphatic heterocycles. The van der Waals surface area contributed by atoms with Gasteiger partial charge in [0, 0.05) is 15.4 Å². The third-order valence-electron chi connectivity index (χ3n) is 4.05. The molecule has 0 atom stereocenters. The van der Waals surface area contributed by atoms with E-state index in [1.807, 2.05) is 6.92 Å². The van der Waals surface area contributed by atoms with Crippen molar-refractivity contribution in [1.82, 2.24) is 9.71 Å². The van der Waals surface area contributed by atoms with E-state index in [-0.39, 0.29) is 16.3 Å². The van der Waals surface area contributed by atoms with E-state index >= 15 is 0 Å². The zero-order chi connectivity index (χ0) is 20.0. The van der Waals surface area contributed by atoms with Gasteiger partial charge in [-0.1, -0.05) is 15.9 Å². The second-order valence-corrected chi connectivity index (χ2v) is 10.5. The molecule has 1 heterocycles. The van der Waals surface area contributed by atoms with Crippen LogP contribution in [0.15, 0.2) is 33.6 Å². The van der Waals surface area contributed by atoms with Crippen molar-refractivity contribution in [3.63, 3.8) is 0 Å². The van der Waals surface area contributed by atoms with Crippen LogP contribution >= 0.6 is 15.9 Å². The normalized spacial score (nSPS) is 16.2. The zero-order valence-corrected chi connectivity index (χ0v) is 18.0. The van der Waals surface area contributed by atoms with E-state index in [9.17, 15) is 13.2 Å². The Bertz CT molecular complexity index is 1010. The number of pyridine rings is 1. The number of hydrogen-bond acceptors (Lipinski definition) is 5. The Labute approximate surface area is 167 Å². The molecule has 1 aromatic carbocycles. The van der Waals surface area contributed by atoms with E-state index < -0.39 is 21.7 Å². The first-order chi connectivity index (χ1) is 12.4. The Morgan fingerprint density at radius 2 is 1.93 bits per heavy atom. The number of anilines is 1. The number of amides is 1. The molecule has 1 aliphatic carbocycles. The second kappa shape index (κ2) is 6.72. The molecule has 146 valence electrons. The number of carbonyl (C=O) groups excluding carboxylic acids is 1. The Morgan fingerprint density at radius 1 is 1.26 bits per heavy atom. The Hall–Kier alpha value is -1.71. The molecule has 2 N–H and O–H groups in total. The van der Waals surface area contributed by atoms with Gasteiger partial charge in [-0.05, 0) is 64.8 Å². The molecule has 1 fully saturated rings. The number of sulfonamides is 1. The first kappa shape index (κ1) is 20.0. The van der Waals surface area contributed by atoms with Crippen molar-refractivity contribution in [1.29, 1.82) is 0 Å². The summed E-state index contributed by atoms with van der Waals surface area (Å²) in [5.74, 6) is 0.278. The lowest BCUT2D eigenvalue weighted by atomic mass is 10.2. The predicted octanol–water partition coefficient (Wildman–Crippen LogP) is 4.18. The number of nitrogens with zero attached hydrogens (tertiary/aromatic N) is 1. The van der Waals surface area contributed by atoms with E-state index in [1.165, 1.54) is 6.07 Å². The van der Waals surface area contributed by atoms with E-state index in [2.05, 4.69) is 31.0 Å². The van der Waals surface area contributed by atoms with Crippen LogP contribution in [0.1, 0.15) is 40.5 Å². The molecular weight excluding hydrogens is 434 g/mol. The monoisotopic (exact) mass is 455 g/mol. The van der Waals surface area contributed by atoms with Crippen molar-refractivity contribution in [3.05, 3.63) is 28.7 Å². The van der Waals surface area contributed by atoms with Gasteiger partial charge in [0.05, 0.1) is 10.4 Å². The zero-order valence-electron chi connectivity index (χ0n) is 15.6. The number of carbonyl (C=O) groups is 1. The quantitative estimate of drug-likeness (QED) is 0.720. The van der Waals surface area contributed by atoms with Crippen molar-refractivity contribution in [2.24, 2.45) is 0 Å². The topological polar surface area (TPSA) is 97.4 Å². The number of fused-ring (bicyclic) bond motifs is 1. The third-order valence-corrected chi connectivity index (χ3v) is 6.32. The van der Waals surface area contributed by atoms with Gasteiger partial charge < -0.3 is 4.74 Å². The highest BCUT2D eigenvalue weighted by Gasteiger charge is 2.41. The lowest BCUT2D eigenvalue weighted by Crippen LogP contribution is -2.34. The summed E-state index contributed by atoms with van der Waals surface area (Å²) in [6, 6.07) is 6.44. The summed E-state index contributed by atoms with van der Waals surface area (Å²) < 4.78 is 33.8. The van der Waals surface area contributed by atoms with Crippen LogP contribution < -0.4 is 10.0 Å². The summed E-state index contributed by atoms with van der Waals surface area (Å²) >= 11 is 3.41. The van der Waals surface area contributed by atoms with Gasteiger partial charge in [0.15, 0.2) is 0 Å². The molecule has 3 rings (SSSR count). The molecule has 1 aromatic heterocycles. The first-order valence-electron chi connectivity index (χ1n) is 8.51. The van der Waals surface area contributed by atoms with Gasteiger partial charge in [0.25, 0.3) is 0 Å². The van der Waals surface area contributed by atoms with E-state index in [4.69, 9.17) is 4.74 Å². The van der Waals surface area contributed by atoms with Crippen molar-refractivity contribution < 1.29 is 17.9 Å². The minimum absolute atomic E-state index is 0.122. The highest BCUT2D eigenvalue weighted by Crippen LogP contribution is 2.36. The average molecular weight is 456 g/mol. The molecule has 0 bridgehead atoms. The highest BCUT2D eigenvalue weighted by atomic mass is 79.9. The van der Waals surface area contributed by atoms with Gasteiger partial charge >= 0.3 is 6.09 Å². The van der Waals surface area contributed by atoms with Crippen molar-refractivity contribution in [3.8, 4) is 0 Å². The molecule has 0 unspecified atom stereocenters. The molecule has 1 amide bonds. The smallest absolute Gasteiger partial charge is 0.413 e. The Balaban J connectivity index is 1.92. The van der Waals surface area contributed by atoms with Gasteiger partial charge in [-0.25, -0.2) is 22.9 Å². The molecule has 2 aromatic rings. The number of rotatable bonds is 4. The van der Waals surface area contributed by atoms with Gasteiger partial charge in [-0.3, -0.25) is 5.32 Å². The number of nitrogens with one attached hydrogen (secondary N) is 2. The largest absolute Gasteiger partial charge is 0.444 e. The molecule has 0 saturated heterocycles. The maximum atomic E-state index is 12.7. The third kappa shape index (κ3) is 4.97. The maximum Gasteiger partial charge on any atom is 0.413 e. The van der Waals surface area contributed by atoms with Gasteiger partial charge in [0.2, 0.25) is 10.0 Å². The number of ether oxygens (including phenoxy) is 1. The SMILES string of the molecule is CC1(NS(=O)(=O)c2cc(Br)c3ccc(NC(=O)OC(C)(C)C)nc3c2)CC1. The lowest BCUT2D eigenvalue weighted by molar-refractivity contribution is 0.0635. The fourth-order valence-corrected chi connectivity index (χ4v) is 4.72. The van der Waals surface area contributed by atoms with Crippen LogP contribution in [0.3, 0.4) is 0 Å². The molecule has 27 heavy (non-hydrogen) atoms. The highest BCUT2D eigenvalue weighted by molar-refractivity contribution is 9.10. The van der Waals surface area contributed by atoms with Crippen LogP contribution in [-0.2, 0) is 14.8 Å². The predicted molar refractivity (Wildman–Crippen MR) is 107 cm³/mol. The summed E-state index contributed by atoms with van der Waals surface area (Å²) in [5, 5.41) is 3.30. The number of hydrogen-bond donors (Lipinski definition) is 2. The fraction of sp³-hybridized carbons (Fsp3) is 0.444. The van der Waals surface area contributed by atoms with Crippen LogP contribution in [0.25, 0.3) is 10.9 Å². The molecule has 9 heteroatoms. The lowest BCUT2D eigenvalue weighted by Gasteiger charge is -2.19. The summed E-state index contributed by atoms with van der Waals surface area (Å²) in [5.41, 5.74) is -0.553. The minimum Gasteiger partial charge on any atom is -0.444 e. The second-order valence-electron chi connectivity index (χ2n) is 7.96. The van der Waals surface area contributed by atoms with Crippen molar-refractivity contribution in [2.75, 3.05) is 5.32 Å². The molecule has 7 nitrogen and oxygen atoms in total. The molecule has 0 radical (unpaired) electrons. The molecule has 1 saturated carbocycles. The van der Waals surface area contributed by atoms with Crippen LogP contribution in [-0.4, -0.2) is 30.6 Å². The van der Waals surface area contributed by atoms with E-state index in [0.29, 0.717) is 9.99 Å². The van der Waals surface area contributed by atoms with Crippen molar-refractivity contribution >= 4 is 48.8 Å². The summed E-state index contributed by atoms with van der Waals surface area (Å²) in [4.78, 5) is 16.4. The van der Waals surface area contributed by atoms with Crippen molar-refractivity contribution in [2.45, 2.75) is 56.6 Å². The number of aromatic nitrogens is 1. The molecular formula is C18H22BrN3O4S. The molecule has 1 aliphatic rings. The van der Waals surface area contributed by atoms with Crippen LogP contribution in [0.5, 0.6) is 0 Å². The average Bonchev–Trinajstić information content (AvgIpc) is 3.20. The van der Waals surface area contributed by atoms with E-state index in [1.54, 1.807) is 39.0 Å². The van der Waals surface area contributed by atoms with Gasteiger partial charge in [-0.15, -0.1) is 0 Å². The Morgan fingerprint density at radius 3 is 2.52 bits per heavy atom. The molecule has 0 spiro atoms. The maximum absolute atomic E-state index is 12.7. The minimum atomic E-state index is -3.66. The summed E-state index contributed by atoms with van der Waals surface area (Å²) in [6.45, 7) is 7.17. The van der Waals surface area contributed by atoms with Crippen LogP contribution in [0.2, 0.25) is 0 Å².